The molecule has 0 aliphatic heterocycles. The van der Waals surface area contributed by atoms with E-state index in [1.165, 1.54) is 24.3 Å². The maximum atomic E-state index is 10.9. The topological polar surface area (TPSA) is 135 Å². The lowest BCUT2D eigenvalue weighted by Gasteiger charge is -2.03. The normalized spacial score (nSPS) is 11.8. The predicted molar refractivity (Wildman–Crippen MR) is 120 cm³/mol. The first-order chi connectivity index (χ1) is 14.0. The molecule has 0 spiro atoms. The second-order valence-electron chi connectivity index (χ2n) is 6.30. The summed E-state index contributed by atoms with van der Waals surface area (Å²) in [7, 11) is -8.27. The van der Waals surface area contributed by atoms with Crippen molar-refractivity contribution in [3.8, 4) is 0 Å². The average molecular weight is 510 g/mol. The zero-order valence-electron chi connectivity index (χ0n) is 15.2. The molecule has 0 saturated heterocycles. The molecular formula is C20H16BrNO6S2. The third kappa shape index (κ3) is 4.97. The van der Waals surface area contributed by atoms with E-state index in [4.69, 9.17) is 14.8 Å². The standard InChI is InChI=1S/C10H7BrO3S.C10H9NO3S/c2*11-10-3-1-2-7-6-8(15(12,13)14)4-5-9(7)10/h1-6H,(H,12,13,14);1-6H,11H2,(H,12,13,14). The maximum absolute atomic E-state index is 10.9. The molecule has 0 amide bonds. The molecule has 0 radical (unpaired) electrons. The molecule has 0 heterocycles. The molecule has 0 atom stereocenters. The van der Waals surface area contributed by atoms with E-state index in [-0.39, 0.29) is 9.79 Å². The van der Waals surface area contributed by atoms with Gasteiger partial charge in [0.1, 0.15) is 0 Å². The number of halogens is 1. The molecule has 4 rings (SSSR count). The summed E-state index contributed by atoms with van der Waals surface area (Å²) in [5.41, 5.74) is 6.28. The van der Waals surface area contributed by atoms with E-state index in [0.717, 1.165) is 20.6 Å². The molecule has 0 saturated carbocycles. The first-order valence-corrected chi connectivity index (χ1v) is 12.1. The van der Waals surface area contributed by atoms with Crippen LogP contribution in [0.15, 0.2) is 87.1 Å². The lowest BCUT2D eigenvalue weighted by molar-refractivity contribution is 0.481. The average Bonchev–Trinajstić information content (AvgIpc) is 2.67. The number of hydrogen-bond donors (Lipinski definition) is 3. The first kappa shape index (κ1) is 22.2. The van der Waals surface area contributed by atoms with Crippen LogP contribution in [0.1, 0.15) is 0 Å². The fourth-order valence-electron chi connectivity index (χ4n) is 2.83. The van der Waals surface area contributed by atoms with Crippen LogP contribution in [-0.2, 0) is 20.2 Å². The van der Waals surface area contributed by atoms with Crippen molar-refractivity contribution < 1.29 is 25.9 Å². The van der Waals surface area contributed by atoms with Gasteiger partial charge in [-0.05, 0) is 52.6 Å². The minimum Gasteiger partial charge on any atom is -0.398 e. The molecule has 7 nitrogen and oxygen atoms in total. The van der Waals surface area contributed by atoms with Crippen molar-refractivity contribution in [3.63, 3.8) is 0 Å². The van der Waals surface area contributed by atoms with Gasteiger partial charge in [0.25, 0.3) is 20.2 Å². The summed E-state index contributed by atoms with van der Waals surface area (Å²) in [5, 5.41) is 3.12. The molecular weight excluding hydrogens is 494 g/mol. The fraction of sp³-hybridized carbons (Fsp3) is 0. The van der Waals surface area contributed by atoms with Crippen LogP contribution in [0.25, 0.3) is 21.5 Å². The lowest BCUT2D eigenvalue weighted by atomic mass is 10.1. The Bertz CT molecular complexity index is 1350. The van der Waals surface area contributed by atoms with Crippen LogP contribution in [0, 0.1) is 0 Å². The molecule has 0 bridgehead atoms. The van der Waals surface area contributed by atoms with Gasteiger partial charge in [-0.25, -0.2) is 0 Å². The molecule has 0 aromatic heterocycles. The highest BCUT2D eigenvalue weighted by molar-refractivity contribution is 9.10. The second kappa shape index (κ2) is 8.32. The number of benzene rings is 4. The van der Waals surface area contributed by atoms with Gasteiger partial charge in [-0.1, -0.05) is 52.3 Å². The smallest absolute Gasteiger partial charge is 0.294 e. The number of hydrogen-bond acceptors (Lipinski definition) is 5. The summed E-state index contributed by atoms with van der Waals surface area (Å²) in [5.74, 6) is 0. The number of anilines is 1. The van der Waals surface area contributed by atoms with Gasteiger partial charge in [-0.2, -0.15) is 16.8 Å². The molecule has 10 heteroatoms. The summed E-state index contributed by atoms with van der Waals surface area (Å²) in [6, 6.07) is 19.4. The van der Waals surface area contributed by atoms with Crippen LogP contribution in [0.3, 0.4) is 0 Å². The fourth-order valence-corrected chi connectivity index (χ4v) is 4.38. The van der Waals surface area contributed by atoms with E-state index in [9.17, 15) is 16.8 Å². The number of nitrogen functional groups attached to an aromatic ring is 1. The summed E-state index contributed by atoms with van der Waals surface area (Å²) in [4.78, 5) is -0.214. The van der Waals surface area contributed by atoms with Crippen LogP contribution in [-0.4, -0.2) is 25.9 Å². The monoisotopic (exact) mass is 509 g/mol. The van der Waals surface area contributed by atoms with Crippen molar-refractivity contribution in [2.24, 2.45) is 0 Å². The summed E-state index contributed by atoms with van der Waals surface area (Å²) >= 11 is 3.36. The van der Waals surface area contributed by atoms with E-state index in [1.54, 1.807) is 42.5 Å². The van der Waals surface area contributed by atoms with Gasteiger partial charge in [0.05, 0.1) is 9.79 Å². The zero-order chi connectivity index (χ0) is 22.1. The van der Waals surface area contributed by atoms with Gasteiger partial charge in [0.2, 0.25) is 0 Å². The Kier molecular flexibility index (Phi) is 6.16. The zero-order valence-corrected chi connectivity index (χ0v) is 18.4. The SMILES string of the molecule is Nc1cccc2cc(S(=O)(=O)O)ccc12.O=S(=O)(O)c1ccc2c(Br)cccc2c1. The molecule has 0 aliphatic rings. The molecule has 4 N–H and O–H groups in total. The number of nitrogens with two attached hydrogens (primary N) is 1. The highest BCUT2D eigenvalue weighted by atomic mass is 79.9. The molecule has 0 aliphatic carbocycles. The third-order valence-corrected chi connectivity index (χ3v) is 6.67. The van der Waals surface area contributed by atoms with Gasteiger partial charge in [-0.15, -0.1) is 0 Å². The second-order valence-corrected chi connectivity index (χ2v) is 10.0. The van der Waals surface area contributed by atoms with Crippen molar-refractivity contribution in [1.29, 1.82) is 0 Å². The Morgan fingerprint density at radius 1 is 0.667 bits per heavy atom. The molecule has 4 aromatic rings. The Morgan fingerprint density at radius 3 is 1.67 bits per heavy atom. The van der Waals surface area contributed by atoms with E-state index >= 15 is 0 Å². The van der Waals surface area contributed by atoms with Gasteiger partial charge < -0.3 is 5.73 Å². The molecule has 0 fully saturated rings. The molecule has 156 valence electrons. The van der Waals surface area contributed by atoms with E-state index in [1.807, 2.05) is 6.07 Å². The van der Waals surface area contributed by atoms with E-state index in [2.05, 4.69) is 15.9 Å². The molecule has 4 aromatic carbocycles. The van der Waals surface area contributed by atoms with Crippen LogP contribution in [0.5, 0.6) is 0 Å². The van der Waals surface area contributed by atoms with Crippen molar-refractivity contribution in [1.82, 2.24) is 0 Å². The minimum atomic E-state index is -4.15. The van der Waals surface area contributed by atoms with Crippen LogP contribution < -0.4 is 5.73 Å². The van der Waals surface area contributed by atoms with Gasteiger partial charge >= 0.3 is 0 Å². The van der Waals surface area contributed by atoms with Crippen molar-refractivity contribution in [2.45, 2.75) is 9.79 Å². The van der Waals surface area contributed by atoms with Gasteiger partial charge in [0.15, 0.2) is 0 Å². The van der Waals surface area contributed by atoms with Gasteiger partial charge in [-0.3, -0.25) is 9.11 Å². The summed E-state index contributed by atoms with van der Waals surface area (Å²) in [6.45, 7) is 0. The minimum absolute atomic E-state index is 0.0897. The third-order valence-electron chi connectivity index (χ3n) is 4.28. The first-order valence-electron chi connectivity index (χ1n) is 8.38. The highest BCUT2D eigenvalue weighted by Gasteiger charge is 2.11. The van der Waals surface area contributed by atoms with Crippen LogP contribution in [0.4, 0.5) is 5.69 Å². The van der Waals surface area contributed by atoms with E-state index < -0.39 is 20.2 Å². The highest BCUT2D eigenvalue weighted by Crippen LogP contribution is 2.26. The Morgan fingerprint density at radius 2 is 1.13 bits per heavy atom. The van der Waals surface area contributed by atoms with Crippen LogP contribution >= 0.6 is 15.9 Å². The lowest BCUT2D eigenvalue weighted by Crippen LogP contribution is -1.97. The van der Waals surface area contributed by atoms with Crippen molar-refractivity contribution in [2.75, 3.05) is 5.73 Å². The molecule has 30 heavy (non-hydrogen) atoms. The number of rotatable bonds is 2. The van der Waals surface area contributed by atoms with E-state index in [0.29, 0.717) is 11.1 Å². The maximum Gasteiger partial charge on any atom is 0.294 e. The largest absolute Gasteiger partial charge is 0.398 e. The Balaban J connectivity index is 0.000000171. The van der Waals surface area contributed by atoms with Crippen LogP contribution in [0.2, 0.25) is 0 Å². The quantitative estimate of drug-likeness (QED) is 0.267. The van der Waals surface area contributed by atoms with Crippen molar-refractivity contribution >= 4 is 63.4 Å². The predicted octanol–water partition coefficient (Wildman–Crippen LogP) is 4.52. The Labute approximate surface area is 181 Å². The summed E-state index contributed by atoms with van der Waals surface area (Å²) < 4.78 is 62.2. The number of fused-ring (bicyclic) bond motifs is 2. The van der Waals surface area contributed by atoms with Crippen molar-refractivity contribution in [3.05, 3.63) is 77.3 Å². The Hall–Kier alpha value is -2.50. The molecule has 0 unspecified atom stereocenters. The summed E-state index contributed by atoms with van der Waals surface area (Å²) in [6.07, 6.45) is 0. The van der Waals surface area contributed by atoms with Gasteiger partial charge in [0, 0.05) is 15.5 Å².